The Kier molecular flexibility index (Phi) is 3.65. The van der Waals surface area contributed by atoms with Gasteiger partial charge in [-0.15, -0.1) is 0 Å². The Hall–Kier alpha value is -0.650. The Labute approximate surface area is 77.7 Å². The first-order chi connectivity index (χ1) is 6.16. The topological polar surface area (TPSA) is 64.8 Å². The highest BCUT2D eigenvalue weighted by Crippen LogP contribution is 2.15. The number of rotatable bonds is 3. The molecule has 1 aliphatic heterocycles. The smallest absolute Gasteiger partial charge is 0.265 e. The van der Waals surface area contributed by atoms with Gasteiger partial charge in [-0.1, -0.05) is 0 Å². The van der Waals surface area contributed by atoms with Crippen LogP contribution in [0.3, 0.4) is 0 Å². The molecule has 2 N–H and O–H groups in total. The molecular formula is C8H16N2O3. The van der Waals surface area contributed by atoms with E-state index in [2.05, 4.69) is 0 Å². The van der Waals surface area contributed by atoms with Crippen LogP contribution in [0.2, 0.25) is 0 Å². The maximum Gasteiger partial charge on any atom is 0.265 e. The van der Waals surface area contributed by atoms with Crippen molar-refractivity contribution >= 4 is 5.91 Å². The second kappa shape index (κ2) is 4.55. The molecule has 0 bridgehead atoms. The first-order valence-corrected chi connectivity index (χ1v) is 4.35. The van der Waals surface area contributed by atoms with Crippen LogP contribution in [0.25, 0.3) is 0 Å². The Morgan fingerprint density at radius 1 is 1.77 bits per heavy atom. The SMILES string of the molecule is CON(C)C(=O)[C@H](N)[C@H]1CCCO1. The van der Waals surface area contributed by atoms with Gasteiger partial charge >= 0.3 is 0 Å². The van der Waals surface area contributed by atoms with Crippen molar-refractivity contribution in [2.75, 3.05) is 20.8 Å². The zero-order valence-corrected chi connectivity index (χ0v) is 8.03. The van der Waals surface area contributed by atoms with Crippen LogP contribution in [-0.4, -0.2) is 43.9 Å². The summed E-state index contributed by atoms with van der Waals surface area (Å²) in [7, 11) is 2.97. The van der Waals surface area contributed by atoms with Crippen LogP contribution in [0.1, 0.15) is 12.8 Å². The summed E-state index contributed by atoms with van der Waals surface area (Å²) in [5.74, 6) is -0.241. The molecule has 1 saturated heterocycles. The van der Waals surface area contributed by atoms with Crippen molar-refractivity contribution in [2.24, 2.45) is 5.73 Å². The van der Waals surface area contributed by atoms with Gasteiger partial charge in [0.25, 0.3) is 5.91 Å². The number of likely N-dealkylation sites (N-methyl/N-ethyl adjacent to an activating group) is 1. The Bertz CT molecular complexity index is 180. The second-order valence-corrected chi connectivity index (χ2v) is 3.10. The number of carbonyl (C=O) groups is 1. The van der Waals surface area contributed by atoms with Crippen LogP contribution in [0.4, 0.5) is 0 Å². The van der Waals surface area contributed by atoms with E-state index in [4.69, 9.17) is 15.3 Å². The average Bonchev–Trinajstić information content (AvgIpc) is 2.67. The molecular weight excluding hydrogens is 172 g/mol. The number of carbonyl (C=O) groups excluding carboxylic acids is 1. The van der Waals surface area contributed by atoms with Gasteiger partial charge in [0.2, 0.25) is 0 Å². The van der Waals surface area contributed by atoms with Crippen LogP contribution < -0.4 is 5.73 Å². The summed E-state index contributed by atoms with van der Waals surface area (Å²) in [5, 5.41) is 1.13. The third kappa shape index (κ3) is 2.40. The molecule has 1 rings (SSSR count). The van der Waals surface area contributed by atoms with Gasteiger partial charge in [0.05, 0.1) is 13.2 Å². The standard InChI is InChI=1S/C8H16N2O3/c1-10(12-2)8(11)7(9)6-4-3-5-13-6/h6-7H,3-5,9H2,1-2H3/t6-,7-/m1/s1. The van der Waals surface area contributed by atoms with Crippen LogP contribution in [-0.2, 0) is 14.4 Å². The maximum absolute atomic E-state index is 11.5. The van der Waals surface area contributed by atoms with Gasteiger partial charge in [-0.2, -0.15) is 0 Å². The van der Waals surface area contributed by atoms with E-state index in [1.807, 2.05) is 0 Å². The normalized spacial score (nSPS) is 24.4. The molecule has 0 saturated carbocycles. The first-order valence-electron chi connectivity index (χ1n) is 4.35. The highest BCUT2D eigenvalue weighted by molar-refractivity contribution is 5.81. The van der Waals surface area contributed by atoms with E-state index in [-0.39, 0.29) is 12.0 Å². The van der Waals surface area contributed by atoms with Crippen molar-refractivity contribution in [1.29, 1.82) is 0 Å². The molecule has 1 heterocycles. The summed E-state index contributed by atoms with van der Waals surface area (Å²) in [4.78, 5) is 16.2. The lowest BCUT2D eigenvalue weighted by Crippen LogP contribution is -2.48. The highest BCUT2D eigenvalue weighted by atomic mass is 16.7. The fourth-order valence-corrected chi connectivity index (χ4v) is 1.34. The van der Waals surface area contributed by atoms with Gasteiger partial charge in [-0.05, 0) is 12.8 Å². The van der Waals surface area contributed by atoms with Gasteiger partial charge in [-0.25, -0.2) is 5.06 Å². The van der Waals surface area contributed by atoms with Gasteiger partial charge in [0.15, 0.2) is 0 Å². The third-order valence-electron chi connectivity index (χ3n) is 2.23. The molecule has 76 valence electrons. The molecule has 0 aliphatic carbocycles. The zero-order valence-electron chi connectivity index (χ0n) is 8.03. The van der Waals surface area contributed by atoms with E-state index in [0.29, 0.717) is 6.61 Å². The van der Waals surface area contributed by atoms with Crippen molar-refractivity contribution in [2.45, 2.75) is 25.0 Å². The molecule has 1 aliphatic rings. The lowest BCUT2D eigenvalue weighted by molar-refractivity contribution is -0.172. The van der Waals surface area contributed by atoms with Gasteiger partial charge in [0, 0.05) is 13.7 Å². The quantitative estimate of drug-likeness (QED) is 0.607. The fourth-order valence-electron chi connectivity index (χ4n) is 1.34. The van der Waals surface area contributed by atoms with Crippen molar-refractivity contribution in [3.05, 3.63) is 0 Å². The van der Waals surface area contributed by atoms with Crippen molar-refractivity contribution in [1.82, 2.24) is 5.06 Å². The first kappa shape index (κ1) is 10.4. The fraction of sp³-hybridized carbons (Fsp3) is 0.875. The summed E-state index contributed by atoms with van der Waals surface area (Å²) in [5.41, 5.74) is 5.70. The second-order valence-electron chi connectivity index (χ2n) is 3.10. The average molecular weight is 188 g/mol. The lowest BCUT2D eigenvalue weighted by Gasteiger charge is -2.22. The van der Waals surface area contributed by atoms with E-state index < -0.39 is 6.04 Å². The van der Waals surface area contributed by atoms with Crippen molar-refractivity contribution < 1.29 is 14.4 Å². The molecule has 0 unspecified atom stereocenters. The van der Waals surface area contributed by atoms with E-state index >= 15 is 0 Å². The molecule has 0 aromatic heterocycles. The molecule has 5 heteroatoms. The molecule has 0 spiro atoms. The minimum atomic E-state index is -0.604. The lowest BCUT2D eigenvalue weighted by atomic mass is 10.1. The Morgan fingerprint density at radius 2 is 2.46 bits per heavy atom. The minimum Gasteiger partial charge on any atom is -0.376 e. The van der Waals surface area contributed by atoms with Crippen LogP contribution >= 0.6 is 0 Å². The summed E-state index contributed by atoms with van der Waals surface area (Å²) < 4.78 is 5.30. The van der Waals surface area contributed by atoms with Crippen molar-refractivity contribution in [3.8, 4) is 0 Å². The van der Waals surface area contributed by atoms with E-state index in [0.717, 1.165) is 17.9 Å². The Balaban J connectivity index is 2.45. The summed E-state index contributed by atoms with van der Waals surface area (Å²) in [6.07, 6.45) is 1.68. The maximum atomic E-state index is 11.5. The molecule has 2 atom stereocenters. The summed E-state index contributed by atoms with van der Waals surface area (Å²) in [6.45, 7) is 0.697. The van der Waals surface area contributed by atoms with Gasteiger partial charge in [-0.3, -0.25) is 9.63 Å². The predicted octanol–water partition coefficient (Wildman–Crippen LogP) is -0.487. The number of amides is 1. The minimum absolute atomic E-state index is 0.148. The van der Waals surface area contributed by atoms with Crippen LogP contribution in [0.5, 0.6) is 0 Å². The van der Waals surface area contributed by atoms with Crippen LogP contribution in [0.15, 0.2) is 0 Å². The molecule has 5 nitrogen and oxygen atoms in total. The summed E-state index contributed by atoms with van der Waals surface area (Å²) >= 11 is 0. The molecule has 1 fully saturated rings. The number of hydroxylamine groups is 2. The third-order valence-corrected chi connectivity index (χ3v) is 2.23. The monoisotopic (exact) mass is 188 g/mol. The molecule has 0 aromatic rings. The number of hydrogen-bond acceptors (Lipinski definition) is 4. The largest absolute Gasteiger partial charge is 0.376 e. The zero-order chi connectivity index (χ0) is 9.84. The number of nitrogens with zero attached hydrogens (tertiary/aromatic N) is 1. The van der Waals surface area contributed by atoms with E-state index in [9.17, 15) is 4.79 Å². The molecule has 1 amide bonds. The van der Waals surface area contributed by atoms with Crippen molar-refractivity contribution in [3.63, 3.8) is 0 Å². The number of nitrogens with two attached hydrogens (primary N) is 1. The predicted molar refractivity (Wildman–Crippen MR) is 46.7 cm³/mol. The summed E-state index contributed by atoms with van der Waals surface area (Å²) in [6, 6.07) is -0.604. The Morgan fingerprint density at radius 3 is 2.92 bits per heavy atom. The number of ether oxygens (including phenoxy) is 1. The van der Waals surface area contributed by atoms with E-state index in [1.54, 1.807) is 0 Å². The molecule has 13 heavy (non-hydrogen) atoms. The molecule has 0 aromatic carbocycles. The number of hydrogen-bond donors (Lipinski definition) is 1. The highest BCUT2D eigenvalue weighted by Gasteiger charge is 2.30. The van der Waals surface area contributed by atoms with E-state index in [1.165, 1.54) is 14.2 Å². The van der Waals surface area contributed by atoms with Crippen LogP contribution in [0, 0.1) is 0 Å². The molecule has 0 radical (unpaired) electrons. The van der Waals surface area contributed by atoms with Gasteiger partial charge in [0.1, 0.15) is 6.04 Å². The van der Waals surface area contributed by atoms with Gasteiger partial charge < -0.3 is 10.5 Å².